The van der Waals surface area contributed by atoms with Gasteiger partial charge >= 0.3 is 0 Å². The van der Waals surface area contributed by atoms with Crippen LogP contribution in [-0.4, -0.2) is 30.3 Å². The number of ether oxygens (including phenoxy) is 1. The van der Waals surface area contributed by atoms with Gasteiger partial charge in [-0.05, 0) is 7.05 Å². The first-order chi connectivity index (χ1) is 5.83. The van der Waals surface area contributed by atoms with Crippen molar-refractivity contribution in [2.45, 2.75) is 13.5 Å². The molecule has 1 rings (SSSR count). The maximum atomic E-state index is 5.23. The number of likely N-dealkylation sites (N-methyl/N-ethyl adjacent to an activating group) is 1. The lowest BCUT2D eigenvalue weighted by Gasteiger charge is -1.98. The Morgan fingerprint density at radius 2 is 2.42 bits per heavy atom. The van der Waals surface area contributed by atoms with Crippen LogP contribution in [0.1, 0.15) is 11.7 Å². The summed E-state index contributed by atoms with van der Waals surface area (Å²) in [6, 6.07) is 0. The van der Waals surface area contributed by atoms with Gasteiger partial charge in [-0.1, -0.05) is 5.16 Å². The summed E-state index contributed by atoms with van der Waals surface area (Å²) in [4.78, 5) is 3.99. The van der Waals surface area contributed by atoms with E-state index in [1.54, 1.807) is 6.92 Å². The first kappa shape index (κ1) is 9.15. The lowest BCUT2D eigenvalue weighted by Crippen LogP contribution is -2.14. The highest BCUT2D eigenvalue weighted by molar-refractivity contribution is 4.80. The highest BCUT2D eigenvalue weighted by Gasteiger charge is 2.00. The number of hydrogen-bond acceptors (Lipinski definition) is 5. The van der Waals surface area contributed by atoms with E-state index in [2.05, 4.69) is 15.5 Å². The van der Waals surface area contributed by atoms with E-state index in [1.807, 2.05) is 7.05 Å². The summed E-state index contributed by atoms with van der Waals surface area (Å²) in [5.41, 5.74) is 0. The van der Waals surface area contributed by atoms with Crippen molar-refractivity contribution in [3.05, 3.63) is 11.7 Å². The van der Waals surface area contributed by atoms with E-state index in [1.165, 1.54) is 0 Å². The molecule has 12 heavy (non-hydrogen) atoms. The number of aromatic nitrogens is 2. The van der Waals surface area contributed by atoms with E-state index in [0.29, 0.717) is 24.9 Å². The molecule has 0 aliphatic heterocycles. The third-order valence-electron chi connectivity index (χ3n) is 1.30. The molecule has 1 aromatic rings. The van der Waals surface area contributed by atoms with Gasteiger partial charge in [0.25, 0.3) is 0 Å². The van der Waals surface area contributed by atoms with Crippen molar-refractivity contribution >= 4 is 0 Å². The number of nitrogens with zero attached hydrogens (tertiary/aromatic N) is 2. The molecule has 0 atom stereocenters. The molecule has 5 heteroatoms. The molecule has 0 saturated carbocycles. The normalized spacial score (nSPS) is 10.5. The maximum Gasteiger partial charge on any atom is 0.223 e. The minimum absolute atomic E-state index is 0.416. The maximum absolute atomic E-state index is 5.23. The van der Waals surface area contributed by atoms with E-state index < -0.39 is 0 Å². The zero-order valence-corrected chi connectivity index (χ0v) is 7.33. The minimum atomic E-state index is 0.416. The molecule has 0 aliphatic rings. The van der Waals surface area contributed by atoms with Crippen molar-refractivity contribution in [2.24, 2.45) is 0 Å². The molecule has 0 radical (unpaired) electrons. The summed E-state index contributed by atoms with van der Waals surface area (Å²) in [5, 5.41) is 6.65. The van der Waals surface area contributed by atoms with Crippen LogP contribution in [0.4, 0.5) is 0 Å². The topological polar surface area (TPSA) is 60.2 Å². The van der Waals surface area contributed by atoms with Crippen LogP contribution in [0, 0.1) is 6.92 Å². The van der Waals surface area contributed by atoms with Crippen LogP contribution in [0.25, 0.3) is 0 Å². The van der Waals surface area contributed by atoms with Crippen LogP contribution in [0.15, 0.2) is 4.52 Å². The van der Waals surface area contributed by atoms with Crippen molar-refractivity contribution in [3.8, 4) is 0 Å². The van der Waals surface area contributed by atoms with Crippen LogP contribution in [-0.2, 0) is 11.3 Å². The molecule has 5 nitrogen and oxygen atoms in total. The van der Waals surface area contributed by atoms with Gasteiger partial charge in [0.2, 0.25) is 5.89 Å². The third-order valence-corrected chi connectivity index (χ3v) is 1.30. The molecule has 0 aromatic carbocycles. The second-order valence-electron chi connectivity index (χ2n) is 2.39. The molecule has 1 N–H and O–H groups in total. The lowest BCUT2D eigenvalue weighted by molar-refractivity contribution is 0.116. The molecule has 0 bridgehead atoms. The number of hydrogen-bond donors (Lipinski definition) is 1. The smallest absolute Gasteiger partial charge is 0.223 e. The van der Waals surface area contributed by atoms with Gasteiger partial charge in [0.05, 0.1) is 6.61 Å². The van der Waals surface area contributed by atoms with Crippen LogP contribution >= 0.6 is 0 Å². The van der Waals surface area contributed by atoms with Crippen molar-refractivity contribution in [1.29, 1.82) is 0 Å². The highest BCUT2D eigenvalue weighted by Crippen LogP contribution is 1.95. The molecule has 0 saturated heterocycles. The first-order valence-corrected chi connectivity index (χ1v) is 3.84. The summed E-state index contributed by atoms with van der Waals surface area (Å²) in [7, 11) is 1.88. The van der Waals surface area contributed by atoms with Crippen molar-refractivity contribution in [3.63, 3.8) is 0 Å². The Labute approximate surface area is 71.1 Å². The fourth-order valence-electron chi connectivity index (χ4n) is 0.738. The molecular formula is C7H13N3O2. The average molecular weight is 171 g/mol. The summed E-state index contributed by atoms with van der Waals surface area (Å²) in [6.07, 6.45) is 0. The third kappa shape index (κ3) is 2.98. The van der Waals surface area contributed by atoms with Crippen LogP contribution in [0.3, 0.4) is 0 Å². The van der Waals surface area contributed by atoms with Gasteiger partial charge in [0.1, 0.15) is 6.61 Å². The molecular weight excluding hydrogens is 158 g/mol. The van der Waals surface area contributed by atoms with Crippen molar-refractivity contribution < 1.29 is 9.26 Å². The fraction of sp³-hybridized carbons (Fsp3) is 0.714. The van der Waals surface area contributed by atoms with Crippen molar-refractivity contribution in [1.82, 2.24) is 15.5 Å². The zero-order chi connectivity index (χ0) is 8.81. The average Bonchev–Trinajstić information content (AvgIpc) is 2.45. The quantitative estimate of drug-likeness (QED) is 0.637. The predicted octanol–water partition coefficient (Wildman–Crippen LogP) is 0.114. The van der Waals surface area contributed by atoms with Gasteiger partial charge < -0.3 is 14.6 Å². The SMILES string of the molecule is CNCCOCc1noc(C)n1. The minimum Gasteiger partial charge on any atom is -0.372 e. The molecule has 0 fully saturated rings. The summed E-state index contributed by atoms with van der Waals surface area (Å²) >= 11 is 0. The molecule has 0 unspecified atom stereocenters. The van der Waals surface area contributed by atoms with E-state index in [4.69, 9.17) is 9.26 Å². The molecule has 1 heterocycles. The molecule has 0 amide bonds. The van der Waals surface area contributed by atoms with Gasteiger partial charge in [-0.15, -0.1) is 0 Å². The largest absolute Gasteiger partial charge is 0.372 e. The Kier molecular flexibility index (Phi) is 3.69. The number of nitrogens with one attached hydrogen (secondary N) is 1. The van der Waals surface area contributed by atoms with Gasteiger partial charge in [-0.25, -0.2) is 0 Å². The Balaban J connectivity index is 2.15. The Bertz CT molecular complexity index is 224. The van der Waals surface area contributed by atoms with Crippen LogP contribution in [0.2, 0.25) is 0 Å². The molecule has 0 aliphatic carbocycles. The van der Waals surface area contributed by atoms with Gasteiger partial charge in [0.15, 0.2) is 5.82 Å². The molecule has 0 spiro atoms. The van der Waals surface area contributed by atoms with E-state index in [9.17, 15) is 0 Å². The number of aryl methyl sites for hydroxylation is 1. The Morgan fingerprint density at radius 3 is 3.00 bits per heavy atom. The fourth-order valence-corrected chi connectivity index (χ4v) is 0.738. The van der Waals surface area contributed by atoms with Gasteiger partial charge in [-0.3, -0.25) is 0 Å². The Hall–Kier alpha value is -0.940. The molecule has 68 valence electrons. The zero-order valence-electron chi connectivity index (χ0n) is 7.33. The van der Waals surface area contributed by atoms with Gasteiger partial charge in [0, 0.05) is 13.5 Å². The van der Waals surface area contributed by atoms with E-state index in [-0.39, 0.29) is 0 Å². The molecule has 1 aromatic heterocycles. The predicted molar refractivity (Wildman–Crippen MR) is 42.6 cm³/mol. The second kappa shape index (κ2) is 4.84. The number of rotatable bonds is 5. The first-order valence-electron chi connectivity index (χ1n) is 3.84. The lowest BCUT2D eigenvalue weighted by atomic mass is 10.6. The van der Waals surface area contributed by atoms with Crippen molar-refractivity contribution in [2.75, 3.05) is 20.2 Å². The van der Waals surface area contributed by atoms with Gasteiger partial charge in [-0.2, -0.15) is 4.98 Å². The Morgan fingerprint density at radius 1 is 1.58 bits per heavy atom. The standard InChI is InChI=1S/C7H13N3O2/c1-6-9-7(10-12-6)5-11-4-3-8-2/h8H,3-5H2,1-2H3. The second-order valence-corrected chi connectivity index (χ2v) is 2.39. The summed E-state index contributed by atoms with van der Waals surface area (Å²) < 4.78 is 9.99. The van der Waals surface area contributed by atoms with Crippen LogP contribution in [0.5, 0.6) is 0 Å². The summed E-state index contributed by atoms with van der Waals surface area (Å²) in [6.45, 7) is 3.66. The summed E-state index contributed by atoms with van der Waals surface area (Å²) in [5.74, 6) is 1.17. The van der Waals surface area contributed by atoms with E-state index in [0.717, 1.165) is 6.54 Å². The van der Waals surface area contributed by atoms with E-state index >= 15 is 0 Å². The monoisotopic (exact) mass is 171 g/mol. The van der Waals surface area contributed by atoms with Crippen LogP contribution < -0.4 is 5.32 Å². The highest BCUT2D eigenvalue weighted by atomic mass is 16.5.